The van der Waals surface area contributed by atoms with Gasteiger partial charge in [0.15, 0.2) is 0 Å². The van der Waals surface area contributed by atoms with Crippen molar-refractivity contribution in [3.05, 3.63) is 42.2 Å². The molecule has 3 rings (SSSR count). The Kier molecular flexibility index (Phi) is 3.51. The van der Waals surface area contributed by atoms with Gasteiger partial charge in [-0.3, -0.25) is 4.98 Å². The SMILES string of the molecule is CNc1cc(-c2ccc3cc(C#N)cnn23)ncc1B(O)O. The highest BCUT2D eigenvalue weighted by Gasteiger charge is 2.18. The molecule has 0 unspecified atom stereocenters. The zero-order chi connectivity index (χ0) is 15.7. The fourth-order valence-electron chi connectivity index (χ4n) is 2.28. The Bertz CT molecular complexity index is 885. The lowest BCUT2D eigenvalue weighted by atomic mass is 9.80. The van der Waals surface area contributed by atoms with E-state index in [4.69, 9.17) is 5.26 Å². The van der Waals surface area contributed by atoms with Gasteiger partial charge in [-0.25, -0.2) is 4.52 Å². The van der Waals surface area contributed by atoms with E-state index in [2.05, 4.69) is 15.4 Å². The summed E-state index contributed by atoms with van der Waals surface area (Å²) in [5.74, 6) is 0. The molecule has 0 aliphatic rings. The molecule has 0 radical (unpaired) electrons. The number of anilines is 1. The van der Waals surface area contributed by atoms with E-state index >= 15 is 0 Å². The summed E-state index contributed by atoms with van der Waals surface area (Å²) in [4.78, 5) is 4.26. The van der Waals surface area contributed by atoms with Crippen molar-refractivity contribution in [2.24, 2.45) is 0 Å². The first-order chi connectivity index (χ1) is 10.6. The zero-order valence-corrected chi connectivity index (χ0v) is 11.7. The maximum absolute atomic E-state index is 9.31. The highest BCUT2D eigenvalue weighted by Crippen LogP contribution is 2.22. The fourth-order valence-corrected chi connectivity index (χ4v) is 2.28. The van der Waals surface area contributed by atoms with Gasteiger partial charge < -0.3 is 15.4 Å². The number of pyridine rings is 1. The molecule has 0 fully saturated rings. The maximum atomic E-state index is 9.31. The molecular formula is C14H12BN5O2. The van der Waals surface area contributed by atoms with Gasteiger partial charge in [0, 0.05) is 24.4 Å². The van der Waals surface area contributed by atoms with Crippen LogP contribution < -0.4 is 10.8 Å². The molecular weight excluding hydrogens is 281 g/mol. The lowest BCUT2D eigenvalue weighted by Gasteiger charge is -2.10. The number of nitrogens with zero attached hydrogens (tertiary/aromatic N) is 4. The van der Waals surface area contributed by atoms with Crippen LogP contribution in [0.15, 0.2) is 36.7 Å². The standard InChI is InChI=1S/C14H12BN5O2/c1-17-12-5-13(18-8-11(12)15(21)22)14-3-2-10-4-9(6-16)7-19-20(10)14/h2-5,7-8,21-22H,1H3,(H,17,18). The van der Waals surface area contributed by atoms with Crippen molar-refractivity contribution >= 4 is 23.8 Å². The summed E-state index contributed by atoms with van der Waals surface area (Å²) >= 11 is 0. The number of hydrogen-bond donors (Lipinski definition) is 3. The Morgan fingerprint density at radius 1 is 1.27 bits per heavy atom. The second-order valence-corrected chi connectivity index (χ2v) is 4.69. The highest BCUT2D eigenvalue weighted by atomic mass is 16.4. The summed E-state index contributed by atoms with van der Waals surface area (Å²) in [5.41, 5.74) is 3.52. The molecule has 3 N–H and O–H groups in total. The molecule has 0 aromatic carbocycles. The van der Waals surface area contributed by atoms with Crippen molar-refractivity contribution in [1.29, 1.82) is 5.26 Å². The monoisotopic (exact) mass is 293 g/mol. The van der Waals surface area contributed by atoms with Gasteiger partial charge in [0.2, 0.25) is 0 Å². The maximum Gasteiger partial charge on any atom is 0.492 e. The van der Waals surface area contributed by atoms with E-state index < -0.39 is 7.12 Å². The minimum Gasteiger partial charge on any atom is -0.423 e. The van der Waals surface area contributed by atoms with Crippen LogP contribution in [-0.2, 0) is 0 Å². The van der Waals surface area contributed by atoms with Crippen LogP contribution in [0, 0.1) is 11.3 Å². The summed E-state index contributed by atoms with van der Waals surface area (Å²) < 4.78 is 1.68. The third-order valence-corrected chi connectivity index (χ3v) is 3.37. The van der Waals surface area contributed by atoms with E-state index in [1.807, 2.05) is 18.2 Å². The molecule has 0 atom stereocenters. The van der Waals surface area contributed by atoms with Gasteiger partial charge in [0.1, 0.15) is 6.07 Å². The molecule has 0 saturated carbocycles. The highest BCUT2D eigenvalue weighted by molar-refractivity contribution is 6.60. The molecule has 0 saturated heterocycles. The van der Waals surface area contributed by atoms with Crippen molar-refractivity contribution < 1.29 is 10.0 Å². The van der Waals surface area contributed by atoms with Gasteiger partial charge in [-0.15, -0.1) is 0 Å². The van der Waals surface area contributed by atoms with E-state index in [-0.39, 0.29) is 0 Å². The molecule has 3 aromatic heterocycles. The second-order valence-electron chi connectivity index (χ2n) is 4.69. The molecule has 108 valence electrons. The summed E-state index contributed by atoms with van der Waals surface area (Å²) in [6, 6.07) is 9.20. The number of rotatable bonds is 3. The molecule has 3 heterocycles. The first-order valence-electron chi connectivity index (χ1n) is 6.56. The summed E-state index contributed by atoms with van der Waals surface area (Å²) in [6.45, 7) is 0. The van der Waals surface area contributed by atoms with Gasteiger partial charge >= 0.3 is 7.12 Å². The average molecular weight is 293 g/mol. The fraction of sp³-hybridized carbons (Fsp3) is 0.0714. The molecule has 22 heavy (non-hydrogen) atoms. The third kappa shape index (κ3) is 2.28. The van der Waals surface area contributed by atoms with Crippen molar-refractivity contribution in [2.75, 3.05) is 12.4 Å². The van der Waals surface area contributed by atoms with Gasteiger partial charge in [-0.2, -0.15) is 10.4 Å². The molecule has 3 aromatic rings. The van der Waals surface area contributed by atoms with Gasteiger partial charge in [0.25, 0.3) is 0 Å². The first kappa shape index (κ1) is 14.1. The Balaban J connectivity index is 2.14. The Labute approximate surface area is 126 Å². The first-order valence-corrected chi connectivity index (χ1v) is 6.56. The molecule has 0 spiro atoms. The number of nitrogens with one attached hydrogen (secondary N) is 1. The molecule has 0 aliphatic heterocycles. The molecule has 0 aliphatic carbocycles. The van der Waals surface area contributed by atoms with Crippen LogP contribution in [0.5, 0.6) is 0 Å². The Morgan fingerprint density at radius 2 is 2.09 bits per heavy atom. The predicted octanol–water partition coefficient (Wildman–Crippen LogP) is -0.0105. The van der Waals surface area contributed by atoms with Gasteiger partial charge in [-0.05, 0) is 24.3 Å². The molecule has 0 amide bonds. The van der Waals surface area contributed by atoms with Crippen molar-refractivity contribution in [3.8, 4) is 17.5 Å². The van der Waals surface area contributed by atoms with Crippen LogP contribution >= 0.6 is 0 Å². The lowest BCUT2D eigenvalue weighted by Crippen LogP contribution is -2.32. The van der Waals surface area contributed by atoms with Gasteiger partial charge in [0.05, 0.1) is 28.7 Å². The largest absolute Gasteiger partial charge is 0.492 e. The van der Waals surface area contributed by atoms with Crippen LogP contribution in [0.1, 0.15) is 5.56 Å². The summed E-state index contributed by atoms with van der Waals surface area (Å²) in [6.07, 6.45) is 2.90. The topological polar surface area (TPSA) is 106 Å². The van der Waals surface area contributed by atoms with Gasteiger partial charge in [-0.1, -0.05) is 0 Å². The summed E-state index contributed by atoms with van der Waals surface area (Å²) in [7, 11) is 0.1000. The average Bonchev–Trinajstić information content (AvgIpc) is 2.96. The number of aromatic nitrogens is 3. The van der Waals surface area contributed by atoms with Crippen LogP contribution in [0.2, 0.25) is 0 Å². The van der Waals surface area contributed by atoms with Crippen LogP contribution in [0.3, 0.4) is 0 Å². The number of fused-ring (bicyclic) bond motifs is 1. The van der Waals surface area contributed by atoms with Crippen molar-refractivity contribution in [3.63, 3.8) is 0 Å². The predicted molar refractivity (Wildman–Crippen MR) is 82.5 cm³/mol. The lowest BCUT2D eigenvalue weighted by molar-refractivity contribution is 0.426. The van der Waals surface area contributed by atoms with E-state index in [0.29, 0.717) is 22.4 Å². The molecule has 7 nitrogen and oxygen atoms in total. The molecule has 0 bridgehead atoms. The molecule has 8 heteroatoms. The van der Waals surface area contributed by atoms with Crippen molar-refractivity contribution in [1.82, 2.24) is 14.6 Å². The summed E-state index contributed by atoms with van der Waals surface area (Å²) in [5, 5.41) is 34.7. The van der Waals surface area contributed by atoms with Crippen LogP contribution in [-0.4, -0.2) is 38.8 Å². The second kappa shape index (κ2) is 5.48. The number of hydrogen-bond acceptors (Lipinski definition) is 6. The minimum atomic E-state index is -1.59. The quantitative estimate of drug-likeness (QED) is 0.586. The van der Waals surface area contributed by atoms with Crippen LogP contribution in [0.4, 0.5) is 5.69 Å². The van der Waals surface area contributed by atoms with E-state index in [1.165, 1.54) is 12.4 Å². The smallest absolute Gasteiger partial charge is 0.423 e. The Hall–Kier alpha value is -2.89. The number of nitriles is 1. The van der Waals surface area contributed by atoms with Crippen molar-refractivity contribution in [2.45, 2.75) is 0 Å². The minimum absolute atomic E-state index is 0.298. The normalized spacial score (nSPS) is 10.5. The zero-order valence-electron chi connectivity index (χ0n) is 11.7. The van der Waals surface area contributed by atoms with Crippen LogP contribution in [0.25, 0.3) is 16.9 Å². The Morgan fingerprint density at radius 3 is 2.77 bits per heavy atom. The van der Waals surface area contributed by atoms with E-state index in [0.717, 1.165) is 11.2 Å². The van der Waals surface area contributed by atoms with E-state index in [1.54, 1.807) is 23.7 Å². The van der Waals surface area contributed by atoms with E-state index in [9.17, 15) is 10.0 Å². The third-order valence-electron chi connectivity index (χ3n) is 3.37.